The molecule has 0 heterocycles. The third kappa shape index (κ3) is 53.4. The van der Waals surface area contributed by atoms with Crippen LogP contribution >= 0.6 is 0 Å². The van der Waals surface area contributed by atoms with E-state index in [2.05, 4.69) is 6.92 Å². The number of unbranched alkanes of at least 4 members (excludes halogenated alkanes) is 12. The molecule has 332 valence electrons. The van der Waals surface area contributed by atoms with Crippen molar-refractivity contribution in [2.75, 3.05) is 178 Å². The van der Waals surface area contributed by atoms with Crippen molar-refractivity contribution in [1.29, 1.82) is 0 Å². The van der Waals surface area contributed by atoms with Gasteiger partial charge in [-0.2, -0.15) is 0 Å². The Balaban J connectivity index is 3.05. The molecule has 0 aliphatic carbocycles. The Morgan fingerprint density at radius 3 is 0.564 bits per heavy atom. The largest absolute Gasteiger partial charge is 0.394 e. The predicted molar refractivity (Wildman–Crippen MR) is 213 cm³/mol. The van der Waals surface area contributed by atoms with Gasteiger partial charge in [0.2, 0.25) is 0 Å². The molecular formula is C41H84O14. The average Bonchev–Trinajstić information content (AvgIpc) is 3.20. The highest BCUT2D eigenvalue weighted by Crippen LogP contribution is 2.12. The van der Waals surface area contributed by atoms with E-state index < -0.39 is 0 Å². The summed E-state index contributed by atoms with van der Waals surface area (Å²) in [6.07, 6.45) is 17.8. The lowest BCUT2D eigenvalue weighted by Crippen LogP contribution is -2.15. The van der Waals surface area contributed by atoms with Crippen LogP contribution in [0.1, 0.15) is 90.4 Å². The molecule has 0 aromatic carbocycles. The van der Waals surface area contributed by atoms with Gasteiger partial charge in [-0.25, -0.2) is 0 Å². The summed E-state index contributed by atoms with van der Waals surface area (Å²) in [7, 11) is 0. The van der Waals surface area contributed by atoms with Gasteiger partial charge in [0.25, 0.3) is 0 Å². The van der Waals surface area contributed by atoms with Crippen LogP contribution in [0.25, 0.3) is 0 Å². The summed E-state index contributed by atoms with van der Waals surface area (Å²) in [5, 5.41) is 8.59. The Hall–Kier alpha value is -0.560. The Morgan fingerprint density at radius 2 is 0.364 bits per heavy atom. The quantitative estimate of drug-likeness (QED) is 0.0798. The van der Waals surface area contributed by atoms with E-state index in [-0.39, 0.29) is 6.61 Å². The maximum absolute atomic E-state index is 8.59. The molecule has 14 nitrogen and oxygen atoms in total. The second-order valence-electron chi connectivity index (χ2n) is 12.9. The van der Waals surface area contributed by atoms with E-state index in [1.807, 2.05) is 0 Å². The maximum Gasteiger partial charge on any atom is 0.0701 e. The molecule has 14 heteroatoms. The highest BCUT2D eigenvalue weighted by molar-refractivity contribution is 4.49. The Kier molecular flexibility index (Phi) is 52.9. The van der Waals surface area contributed by atoms with Gasteiger partial charge in [-0.1, -0.05) is 84.0 Å². The van der Waals surface area contributed by atoms with Gasteiger partial charge < -0.3 is 66.7 Å². The molecule has 0 radical (unpaired) electrons. The van der Waals surface area contributed by atoms with E-state index in [0.29, 0.717) is 165 Å². The van der Waals surface area contributed by atoms with Crippen molar-refractivity contribution in [3.05, 3.63) is 0 Å². The highest BCUT2D eigenvalue weighted by Gasteiger charge is 1.98. The fraction of sp³-hybridized carbons (Fsp3) is 1.00. The zero-order chi connectivity index (χ0) is 39.5. The van der Waals surface area contributed by atoms with Gasteiger partial charge in [-0.3, -0.25) is 0 Å². The lowest BCUT2D eigenvalue weighted by Gasteiger charge is -2.09. The summed E-state index contributed by atoms with van der Waals surface area (Å²) >= 11 is 0. The molecule has 0 rings (SSSR count). The van der Waals surface area contributed by atoms with Gasteiger partial charge in [0, 0.05) is 6.61 Å². The molecule has 55 heavy (non-hydrogen) atoms. The lowest BCUT2D eigenvalue weighted by molar-refractivity contribution is -0.0292. The molecule has 0 saturated heterocycles. The van der Waals surface area contributed by atoms with Crippen LogP contribution in [0.2, 0.25) is 0 Å². The van der Waals surface area contributed by atoms with E-state index in [1.165, 1.54) is 77.0 Å². The molecule has 0 aromatic rings. The highest BCUT2D eigenvalue weighted by atomic mass is 16.6. The van der Waals surface area contributed by atoms with Crippen LogP contribution in [0.4, 0.5) is 0 Å². The molecular weight excluding hydrogens is 716 g/mol. The van der Waals surface area contributed by atoms with Gasteiger partial charge >= 0.3 is 0 Å². The summed E-state index contributed by atoms with van der Waals surface area (Å²) in [6.45, 7) is 16.1. The monoisotopic (exact) mass is 801 g/mol. The van der Waals surface area contributed by atoms with Crippen LogP contribution in [0.5, 0.6) is 0 Å². The number of hydrogen-bond donors (Lipinski definition) is 1. The van der Waals surface area contributed by atoms with Crippen LogP contribution in [0.3, 0.4) is 0 Å². The summed E-state index contributed by atoms with van der Waals surface area (Å²) in [6, 6.07) is 0. The molecule has 0 spiro atoms. The van der Waals surface area contributed by atoms with Crippen LogP contribution in [0, 0.1) is 0 Å². The molecule has 0 fully saturated rings. The molecule has 0 unspecified atom stereocenters. The predicted octanol–water partition coefficient (Wildman–Crippen LogP) is 5.29. The summed E-state index contributed by atoms with van der Waals surface area (Å²) in [5.41, 5.74) is 0. The van der Waals surface area contributed by atoms with Crippen LogP contribution in [-0.2, 0) is 61.6 Å². The normalized spacial score (nSPS) is 11.7. The van der Waals surface area contributed by atoms with Crippen molar-refractivity contribution in [3.8, 4) is 0 Å². The average molecular weight is 801 g/mol. The summed E-state index contributed by atoms with van der Waals surface area (Å²) in [5.74, 6) is 0. The van der Waals surface area contributed by atoms with Crippen molar-refractivity contribution < 1.29 is 66.7 Å². The molecule has 0 saturated carbocycles. The number of aliphatic hydroxyl groups is 1. The van der Waals surface area contributed by atoms with E-state index in [4.69, 9.17) is 66.7 Å². The van der Waals surface area contributed by atoms with Crippen molar-refractivity contribution >= 4 is 0 Å². The maximum atomic E-state index is 8.59. The zero-order valence-electron chi connectivity index (χ0n) is 35.0. The Labute approximate surface area is 335 Å². The van der Waals surface area contributed by atoms with E-state index in [9.17, 15) is 0 Å². The summed E-state index contributed by atoms with van der Waals surface area (Å²) in [4.78, 5) is 0. The Bertz CT molecular complexity index is 600. The van der Waals surface area contributed by atoms with Gasteiger partial charge in [0.1, 0.15) is 0 Å². The van der Waals surface area contributed by atoms with Crippen molar-refractivity contribution in [2.24, 2.45) is 0 Å². The van der Waals surface area contributed by atoms with Crippen LogP contribution in [0.15, 0.2) is 0 Å². The molecule has 0 aliphatic rings. The van der Waals surface area contributed by atoms with E-state index in [1.54, 1.807) is 0 Å². The smallest absolute Gasteiger partial charge is 0.0701 e. The van der Waals surface area contributed by atoms with Crippen molar-refractivity contribution in [2.45, 2.75) is 90.4 Å². The second kappa shape index (κ2) is 53.4. The minimum absolute atomic E-state index is 0.0257. The van der Waals surface area contributed by atoms with Crippen LogP contribution < -0.4 is 0 Å². The van der Waals surface area contributed by atoms with Gasteiger partial charge in [-0.15, -0.1) is 0 Å². The van der Waals surface area contributed by atoms with E-state index >= 15 is 0 Å². The lowest BCUT2D eigenvalue weighted by atomic mass is 10.0. The first kappa shape index (κ1) is 54.4. The standard InChI is InChI=1S/C41H84O14/c1-2-3-4-5-6-7-8-9-10-11-12-13-14-16-43-18-20-45-22-24-47-26-28-49-30-32-51-34-36-53-38-40-55-41-39-54-37-35-52-33-31-50-29-27-48-25-23-46-21-19-44-17-15-42/h42H,2-41H2,1H3. The molecule has 0 aromatic heterocycles. The minimum atomic E-state index is 0.0257. The minimum Gasteiger partial charge on any atom is -0.394 e. The fourth-order valence-electron chi connectivity index (χ4n) is 5.03. The van der Waals surface area contributed by atoms with Crippen molar-refractivity contribution in [1.82, 2.24) is 0 Å². The van der Waals surface area contributed by atoms with Crippen LogP contribution in [-0.4, -0.2) is 183 Å². The first-order valence-corrected chi connectivity index (χ1v) is 21.5. The zero-order valence-corrected chi connectivity index (χ0v) is 35.0. The molecule has 0 bridgehead atoms. The number of aliphatic hydroxyl groups excluding tert-OH is 1. The number of rotatable bonds is 52. The molecule has 0 atom stereocenters. The number of ether oxygens (including phenoxy) is 13. The molecule has 0 amide bonds. The van der Waals surface area contributed by atoms with Gasteiger partial charge in [0.15, 0.2) is 0 Å². The summed E-state index contributed by atoms with van der Waals surface area (Å²) < 4.78 is 71.1. The molecule has 0 aliphatic heterocycles. The van der Waals surface area contributed by atoms with E-state index in [0.717, 1.165) is 13.0 Å². The number of hydrogen-bond acceptors (Lipinski definition) is 14. The first-order valence-electron chi connectivity index (χ1n) is 21.5. The molecule has 1 N–H and O–H groups in total. The second-order valence-corrected chi connectivity index (χ2v) is 12.9. The topological polar surface area (TPSA) is 140 Å². The fourth-order valence-corrected chi connectivity index (χ4v) is 5.03. The SMILES string of the molecule is CCCCCCCCCCCCCCCOCCOCCOCCOCCOCCOCCOCCOCCOCCOCCOCCOCCOCCO. The van der Waals surface area contributed by atoms with Gasteiger partial charge in [-0.05, 0) is 6.42 Å². The van der Waals surface area contributed by atoms with Gasteiger partial charge in [0.05, 0.1) is 172 Å². The third-order valence-corrected chi connectivity index (χ3v) is 8.09. The van der Waals surface area contributed by atoms with Crippen molar-refractivity contribution in [3.63, 3.8) is 0 Å². The third-order valence-electron chi connectivity index (χ3n) is 8.09. The first-order chi connectivity index (χ1) is 27.4. The Morgan fingerprint density at radius 1 is 0.200 bits per heavy atom.